The molecule has 2 aliphatic heterocycles. The minimum atomic E-state index is -3.94. The van der Waals surface area contributed by atoms with Crippen LogP contribution >= 0.6 is 12.6 Å². The van der Waals surface area contributed by atoms with E-state index in [2.05, 4.69) is 12.6 Å². The maximum absolute atomic E-state index is 13.4. The number of carbonyl (C=O) groups excluding carboxylic acids is 1. The summed E-state index contributed by atoms with van der Waals surface area (Å²) in [5.74, 6) is -1.50. The number of carboxylic acid groups (broad SMARTS) is 1. The summed E-state index contributed by atoms with van der Waals surface area (Å²) in [4.78, 5) is 26.0. The van der Waals surface area contributed by atoms with Crippen LogP contribution in [-0.4, -0.2) is 65.0 Å². The molecular formula is C20H22N2O5S2. The van der Waals surface area contributed by atoms with Gasteiger partial charge in [-0.1, -0.05) is 30.3 Å². The molecule has 0 aromatic heterocycles. The van der Waals surface area contributed by atoms with E-state index in [9.17, 15) is 23.1 Å². The normalized spacial score (nSPS) is 25.6. The summed E-state index contributed by atoms with van der Waals surface area (Å²) in [5, 5.41) is 10.8. The summed E-state index contributed by atoms with van der Waals surface area (Å²) in [5.41, 5.74) is 0. The van der Waals surface area contributed by atoms with Crippen molar-refractivity contribution in [3.8, 4) is 0 Å². The Morgan fingerprint density at radius 2 is 1.79 bits per heavy atom. The van der Waals surface area contributed by atoms with Crippen LogP contribution in [0.25, 0.3) is 10.8 Å². The summed E-state index contributed by atoms with van der Waals surface area (Å²) in [6.07, 6.45) is 1.24. The molecule has 29 heavy (non-hydrogen) atoms. The van der Waals surface area contributed by atoms with E-state index in [4.69, 9.17) is 0 Å². The number of rotatable bonds is 4. The van der Waals surface area contributed by atoms with Crippen molar-refractivity contribution in [1.29, 1.82) is 0 Å². The minimum Gasteiger partial charge on any atom is -0.480 e. The Morgan fingerprint density at radius 3 is 2.52 bits per heavy atom. The second-order valence-electron chi connectivity index (χ2n) is 7.52. The van der Waals surface area contributed by atoms with Crippen LogP contribution in [0.5, 0.6) is 0 Å². The molecule has 0 saturated carbocycles. The summed E-state index contributed by atoms with van der Waals surface area (Å²) in [6.45, 7) is 0.438. The highest BCUT2D eigenvalue weighted by Gasteiger charge is 2.47. The lowest BCUT2D eigenvalue weighted by atomic mass is 10.1. The van der Waals surface area contributed by atoms with Gasteiger partial charge in [-0.3, -0.25) is 4.79 Å². The highest BCUT2D eigenvalue weighted by Crippen LogP contribution is 2.32. The van der Waals surface area contributed by atoms with Gasteiger partial charge in [0.1, 0.15) is 12.1 Å². The van der Waals surface area contributed by atoms with Crippen LogP contribution < -0.4 is 0 Å². The van der Waals surface area contributed by atoms with Gasteiger partial charge >= 0.3 is 5.97 Å². The Morgan fingerprint density at radius 1 is 1.07 bits per heavy atom. The maximum atomic E-state index is 13.4. The van der Waals surface area contributed by atoms with Gasteiger partial charge in [0.2, 0.25) is 15.9 Å². The molecule has 2 heterocycles. The van der Waals surface area contributed by atoms with Crippen molar-refractivity contribution in [2.75, 3.05) is 13.1 Å². The van der Waals surface area contributed by atoms with E-state index in [0.29, 0.717) is 19.4 Å². The standard InChI is InChI=1S/C20H22N2O5S2/c23-19(21-9-3-6-17(21)20(24)25)18-11-15(28)12-22(18)29(26,27)16-8-7-13-4-1-2-5-14(13)10-16/h1-2,4-5,7-8,10,15,17-18,28H,3,6,9,11-12H2,(H,24,25)/t15-,17?,18-/m0/s1. The highest BCUT2D eigenvalue weighted by atomic mass is 32.2. The van der Waals surface area contributed by atoms with Crippen molar-refractivity contribution >= 4 is 45.3 Å². The predicted octanol–water partition coefficient (Wildman–Crippen LogP) is 1.98. The van der Waals surface area contributed by atoms with Gasteiger partial charge < -0.3 is 10.0 Å². The van der Waals surface area contributed by atoms with Crippen molar-refractivity contribution in [3.63, 3.8) is 0 Å². The summed E-state index contributed by atoms with van der Waals surface area (Å²) in [7, 11) is -3.94. The molecule has 7 nitrogen and oxygen atoms in total. The van der Waals surface area contributed by atoms with Gasteiger partial charge in [-0.05, 0) is 42.2 Å². The van der Waals surface area contributed by atoms with Gasteiger partial charge in [-0.25, -0.2) is 13.2 Å². The maximum Gasteiger partial charge on any atom is 0.326 e. The first-order valence-electron chi connectivity index (χ1n) is 9.51. The molecule has 3 atom stereocenters. The second-order valence-corrected chi connectivity index (χ2v) is 10.1. The number of fused-ring (bicyclic) bond motifs is 1. The summed E-state index contributed by atoms with van der Waals surface area (Å²) >= 11 is 4.42. The van der Waals surface area contributed by atoms with Gasteiger partial charge in [-0.2, -0.15) is 16.9 Å². The quantitative estimate of drug-likeness (QED) is 0.718. The number of amides is 1. The molecule has 1 N–H and O–H groups in total. The van der Waals surface area contributed by atoms with Crippen LogP contribution in [0.3, 0.4) is 0 Å². The van der Waals surface area contributed by atoms with E-state index >= 15 is 0 Å². The van der Waals surface area contributed by atoms with Crippen LogP contribution in [0.4, 0.5) is 0 Å². The SMILES string of the molecule is O=C(O)C1CCCN1C(=O)[C@@H]1C[C@H](S)CN1S(=O)(=O)c1ccc2ccccc2c1. The van der Waals surface area contributed by atoms with E-state index in [1.54, 1.807) is 18.2 Å². The summed E-state index contributed by atoms with van der Waals surface area (Å²) in [6, 6.07) is 10.5. The molecule has 2 aromatic carbocycles. The number of carboxylic acids is 1. The number of hydrogen-bond acceptors (Lipinski definition) is 5. The molecule has 154 valence electrons. The number of nitrogens with zero attached hydrogens (tertiary/aromatic N) is 2. The highest BCUT2D eigenvalue weighted by molar-refractivity contribution is 7.89. The van der Waals surface area contributed by atoms with Crippen LogP contribution in [0, 0.1) is 0 Å². The third kappa shape index (κ3) is 3.62. The van der Waals surface area contributed by atoms with E-state index in [1.807, 2.05) is 24.3 Å². The van der Waals surface area contributed by atoms with Crippen LogP contribution in [0.1, 0.15) is 19.3 Å². The van der Waals surface area contributed by atoms with Crippen LogP contribution in [0.15, 0.2) is 47.4 Å². The van der Waals surface area contributed by atoms with Crippen molar-refractivity contribution in [3.05, 3.63) is 42.5 Å². The zero-order chi connectivity index (χ0) is 20.8. The first-order chi connectivity index (χ1) is 13.8. The van der Waals surface area contributed by atoms with E-state index in [1.165, 1.54) is 9.21 Å². The lowest BCUT2D eigenvalue weighted by Gasteiger charge is -2.29. The number of likely N-dealkylation sites (tertiary alicyclic amines) is 1. The Bertz CT molecular complexity index is 1070. The smallest absolute Gasteiger partial charge is 0.326 e. The van der Waals surface area contributed by atoms with Crippen LogP contribution in [-0.2, 0) is 19.6 Å². The zero-order valence-electron chi connectivity index (χ0n) is 15.6. The third-order valence-corrected chi connectivity index (χ3v) is 7.91. The largest absolute Gasteiger partial charge is 0.480 e. The average Bonchev–Trinajstić information content (AvgIpc) is 3.34. The third-order valence-electron chi connectivity index (χ3n) is 5.67. The minimum absolute atomic E-state index is 0.111. The van der Waals surface area contributed by atoms with Crippen molar-refractivity contribution in [2.24, 2.45) is 0 Å². The first-order valence-corrected chi connectivity index (χ1v) is 11.5. The predicted molar refractivity (Wildman–Crippen MR) is 111 cm³/mol. The molecule has 2 fully saturated rings. The van der Waals surface area contributed by atoms with Crippen molar-refractivity contribution < 1.29 is 23.1 Å². The lowest BCUT2D eigenvalue weighted by molar-refractivity contribution is -0.149. The van der Waals surface area contributed by atoms with Crippen molar-refractivity contribution in [1.82, 2.24) is 9.21 Å². The molecule has 9 heteroatoms. The van der Waals surface area contributed by atoms with Gasteiger partial charge in [0.25, 0.3) is 0 Å². The van der Waals surface area contributed by atoms with E-state index in [-0.39, 0.29) is 23.1 Å². The molecule has 1 unspecified atom stereocenters. The van der Waals surface area contributed by atoms with Gasteiger partial charge in [0.05, 0.1) is 4.90 Å². The Hall–Kier alpha value is -2.10. The molecule has 4 rings (SSSR count). The monoisotopic (exact) mass is 434 g/mol. The lowest BCUT2D eigenvalue weighted by Crippen LogP contribution is -2.50. The Labute approximate surface area is 174 Å². The molecular weight excluding hydrogens is 412 g/mol. The van der Waals surface area contributed by atoms with Crippen LogP contribution in [0.2, 0.25) is 0 Å². The number of sulfonamides is 1. The molecule has 0 spiro atoms. The zero-order valence-corrected chi connectivity index (χ0v) is 17.4. The first kappa shape index (κ1) is 20.2. The molecule has 1 amide bonds. The molecule has 2 aliphatic rings. The van der Waals surface area contributed by atoms with E-state index < -0.39 is 34.0 Å². The fourth-order valence-electron chi connectivity index (χ4n) is 4.22. The number of hydrogen-bond donors (Lipinski definition) is 2. The molecule has 0 radical (unpaired) electrons. The fraction of sp³-hybridized carbons (Fsp3) is 0.400. The van der Waals surface area contributed by atoms with Gasteiger partial charge in [0.15, 0.2) is 0 Å². The number of thiol groups is 1. The molecule has 2 saturated heterocycles. The molecule has 0 bridgehead atoms. The topological polar surface area (TPSA) is 95.0 Å². The number of benzene rings is 2. The average molecular weight is 435 g/mol. The Kier molecular flexibility index (Phi) is 5.30. The summed E-state index contributed by atoms with van der Waals surface area (Å²) < 4.78 is 27.9. The number of carbonyl (C=O) groups is 2. The van der Waals surface area contributed by atoms with Gasteiger partial charge in [0, 0.05) is 18.3 Å². The van der Waals surface area contributed by atoms with E-state index in [0.717, 1.165) is 10.8 Å². The van der Waals surface area contributed by atoms with Crippen molar-refractivity contribution in [2.45, 2.75) is 41.5 Å². The molecule has 0 aliphatic carbocycles. The fourth-order valence-corrected chi connectivity index (χ4v) is 6.38. The molecule has 2 aromatic rings. The number of aliphatic carboxylic acids is 1. The second kappa shape index (κ2) is 7.62. The van der Waals surface area contributed by atoms with Gasteiger partial charge in [-0.15, -0.1) is 0 Å². The Balaban J connectivity index is 1.67.